The van der Waals surface area contributed by atoms with Gasteiger partial charge in [-0.3, -0.25) is 9.89 Å². The molecule has 1 fully saturated rings. The zero-order chi connectivity index (χ0) is 16.5. The number of halogens is 1. The number of guanidine groups is 1. The summed E-state index contributed by atoms with van der Waals surface area (Å²) in [4.78, 5) is 9.33. The van der Waals surface area contributed by atoms with Crippen LogP contribution < -0.4 is 10.6 Å². The minimum absolute atomic E-state index is 0. The number of aryl methyl sites for hydroxylation is 1. The number of hydrogen-bond donors (Lipinski definition) is 2. The van der Waals surface area contributed by atoms with Gasteiger partial charge in [-0.25, -0.2) is 0 Å². The third-order valence-corrected chi connectivity index (χ3v) is 4.40. The Morgan fingerprint density at radius 3 is 2.46 bits per heavy atom. The SMILES string of the molecule is CCN1CCN(CCNC(=NC)NCc2cccc(C)c2)CC1.I. The van der Waals surface area contributed by atoms with Gasteiger partial charge >= 0.3 is 0 Å². The molecule has 1 aliphatic heterocycles. The Bertz CT molecular complexity index is 498. The molecular formula is C18H32IN5. The lowest BCUT2D eigenvalue weighted by molar-refractivity contribution is 0.139. The molecular weight excluding hydrogens is 413 g/mol. The highest BCUT2D eigenvalue weighted by Gasteiger charge is 2.14. The first-order chi connectivity index (χ1) is 11.2. The lowest BCUT2D eigenvalue weighted by Crippen LogP contribution is -2.49. The standard InChI is InChI=1S/C18H31N5.HI/c1-4-22-10-12-23(13-11-22)9-8-20-18(19-3)21-15-17-7-5-6-16(2)14-17;/h5-7,14H,4,8-13,15H2,1-3H3,(H2,19,20,21);1H. The van der Waals surface area contributed by atoms with Gasteiger partial charge in [-0.1, -0.05) is 36.8 Å². The fraction of sp³-hybridized carbons (Fsp3) is 0.611. The van der Waals surface area contributed by atoms with Crippen LogP contribution in [0.5, 0.6) is 0 Å². The average molecular weight is 445 g/mol. The van der Waals surface area contributed by atoms with Crippen molar-refractivity contribution in [3.63, 3.8) is 0 Å². The predicted molar refractivity (Wildman–Crippen MR) is 113 cm³/mol. The Morgan fingerprint density at radius 2 is 1.83 bits per heavy atom. The maximum atomic E-state index is 4.30. The lowest BCUT2D eigenvalue weighted by atomic mass is 10.1. The van der Waals surface area contributed by atoms with E-state index in [2.05, 4.69) is 63.5 Å². The quantitative estimate of drug-likeness (QED) is 0.399. The molecule has 1 aliphatic rings. The third kappa shape index (κ3) is 7.36. The summed E-state index contributed by atoms with van der Waals surface area (Å²) in [6.07, 6.45) is 0. The smallest absolute Gasteiger partial charge is 0.191 e. The predicted octanol–water partition coefficient (Wildman–Crippen LogP) is 1.92. The fourth-order valence-electron chi connectivity index (χ4n) is 2.89. The summed E-state index contributed by atoms with van der Waals surface area (Å²) in [5.74, 6) is 0.874. The highest BCUT2D eigenvalue weighted by molar-refractivity contribution is 14.0. The molecule has 1 heterocycles. The molecule has 0 atom stereocenters. The second-order valence-electron chi connectivity index (χ2n) is 6.12. The molecule has 1 saturated heterocycles. The number of likely N-dealkylation sites (N-methyl/N-ethyl adjacent to an activating group) is 1. The Labute approximate surface area is 163 Å². The monoisotopic (exact) mass is 445 g/mol. The average Bonchev–Trinajstić information content (AvgIpc) is 2.58. The molecule has 0 bridgehead atoms. The molecule has 0 amide bonds. The number of nitrogens with one attached hydrogen (secondary N) is 2. The topological polar surface area (TPSA) is 42.9 Å². The van der Waals surface area contributed by atoms with Gasteiger partial charge in [0.25, 0.3) is 0 Å². The van der Waals surface area contributed by atoms with Crippen molar-refractivity contribution >= 4 is 29.9 Å². The van der Waals surface area contributed by atoms with Gasteiger partial charge in [-0.05, 0) is 19.0 Å². The second-order valence-corrected chi connectivity index (χ2v) is 6.12. The van der Waals surface area contributed by atoms with Crippen molar-refractivity contribution < 1.29 is 0 Å². The van der Waals surface area contributed by atoms with Crippen LogP contribution in [0.15, 0.2) is 29.3 Å². The van der Waals surface area contributed by atoms with Crippen molar-refractivity contribution in [2.75, 3.05) is 52.9 Å². The first kappa shape index (κ1) is 21.2. The zero-order valence-corrected chi connectivity index (χ0v) is 17.5. The number of piperazine rings is 1. The van der Waals surface area contributed by atoms with Gasteiger partial charge in [-0.2, -0.15) is 0 Å². The first-order valence-corrected chi connectivity index (χ1v) is 8.66. The molecule has 0 saturated carbocycles. The number of rotatable bonds is 6. The van der Waals surface area contributed by atoms with E-state index in [9.17, 15) is 0 Å². The van der Waals surface area contributed by atoms with Crippen LogP contribution in [0.1, 0.15) is 18.1 Å². The van der Waals surface area contributed by atoms with Crippen LogP contribution in [0, 0.1) is 6.92 Å². The Kier molecular flexibility index (Phi) is 10.3. The second kappa shape index (κ2) is 11.7. The van der Waals surface area contributed by atoms with E-state index in [4.69, 9.17) is 0 Å². The summed E-state index contributed by atoms with van der Waals surface area (Å²) in [6, 6.07) is 8.56. The number of aliphatic imine (C=N–C) groups is 1. The largest absolute Gasteiger partial charge is 0.355 e. The molecule has 0 unspecified atom stereocenters. The molecule has 5 nitrogen and oxygen atoms in total. The van der Waals surface area contributed by atoms with E-state index in [1.54, 1.807) is 0 Å². The van der Waals surface area contributed by atoms with Gasteiger partial charge in [0.15, 0.2) is 5.96 Å². The summed E-state index contributed by atoms with van der Waals surface area (Å²) >= 11 is 0. The maximum absolute atomic E-state index is 4.30. The molecule has 2 rings (SSSR count). The number of nitrogens with zero attached hydrogens (tertiary/aromatic N) is 3. The molecule has 24 heavy (non-hydrogen) atoms. The molecule has 6 heteroatoms. The molecule has 1 aromatic rings. The minimum Gasteiger partial charge on any atom is -0.355 e. The van der Waals surface area contributed by atoms with E-state index in [1.165, 1.54) is 43.9 Å². The molecule has 0 aliphatic carbocycles. The van der Waals surface area contributed by atoms with Gasteiger partial charge in [0.1, 0.15) is 0 Å². The minimum atomic E-state index is 0. The molecule has 1 aromatic carbocycles. The van der Waals surface area contributed by atoms with Crippen molar-refractivity contribution in [3.05, 3.63) is 35.4 Å². The van der Waals surface area contributed by atoms with Gasteiger partial charge in [-0.15, -0.1) is 24.0 Å². The van der Waals surface area contributed by atoms with Crippen molar-refractivity contribution in [2.24, 2.45) is 4.99 Å². The number of benzene rings is 1. The molecule has 2 N–H and O–H groups in total. The van der Waals surface area contributed by atoms with Crippen LogP contribution in [-0.2, 0) is 6.54 Å². The van der Waals surface area contributed by atoms with Crippen molar-refractivity contribution in [1.29, 1.82) is 0 Å². The number of hydrogen-bond acceptors (Lipinski definition) is 3. The van der Waals surface area contributed by atoms with Crippen LogP contribution in [0.25, 0.3) is 0 Å². The van der Waals surface area contributed by atoms with Crippen LogP contribution in [-0.4, -0.2) is 68.6 Å². The summed E-state index contributed by atoms with van der Waals surface area (Å²) in [5, 5.41) is 6.79. The first-order valence-electron chi connectivity index (χ1n) is 8.66. The van der Waals surface area contributed by atoms with E-state index in [0.717, 1.165) is 25.6 Å². The summed E-state index contributed by atoms with van der Waals surface area (Å²) in [6.45, 7) is 13.1. The summed E-state index contributed by atoms with van der Waals surface area (Å²) in [5.41, 5.74) is 2.57. The Balaban J connectivity index is 0.00000288. The van der Waals surface area contributed by atoms with E-state index in [1.807, 2.05) is 7.05 Å². The van der Waals surface area contributed by atoms with Gasteiger partial charge < -0.3 is 15.5 Å². The highest BCUT2D eigenvalue weighted by Crippen LogP contribution is 2.03. The van der Waals surface area contributed by atoms with Gasteiger partial charge in [0, 0.05) is 52.9 Å². The molecule has 0 aromatic heterocycles. The maximum Gasteiger partial charge on any atom is 0.191 e. The van der Waals surface area contributed by atoms with Crippen LogP contribution >= 0.6 is 24.0 Å². The molecule has 0 radical (unpaired) electrons. The summed E-state index contributed by atoms with van der Waals surface area (Å²) in [7, 11) is 1.82. The van der Waals surface area contributed by atoms with Gasteiger partial charge in [0.05, 0.1) is 0 Å². The van der Waals surface area contributed by atoms with E-state index >= 15 is 0 Å². The van der Waals surface area contributed by atoms with Crippen molar-refractivity contribution in [1.82, 2.24) is 20.4 Å². The Morgan fingerprint density at radius 1 is 1.12 bits per heavy atom. The lowest BCUT2D eigenvalue weighted by Gasteiger charge is -2.34. The Hall–Kier alpha value is -0.860. The van der Waals surface area contributed by atoms with E-state index in [0.29, 0.717) is 0 Å². The van der Waals surface area contributed by atoms with Crippen LogP contribution in [0.2, 0.25) is 0 Å². The van der Waals surface area contributed by atoms with Crippen LogP contribution in [0.4, 0.5) is 0 Å². The van der Waals surface area contributed by atoms with Crippen molar-refractivity contribution in [3.8, 4) is 0 Å². The molecule has 136 valence electrons. The van der Waals surface area contributed by atoms with E-state index < -0.39 is 0 Å². The van der Waals surface area contributed by atoms with Crippen molar-refractivity contribution in [2.45, 2.75) is 20.4 Å². The van der Waals surface area contributed by atoms with Crippen LogP contribution in [0.3, 0.4) is 0 Å². The normalized spacial score (nSPS) is 16.5. The molecule has 0 spiro atoms. The third-order valence-electron chi connectivity index (χ3n) is 4.40. The zero-order valence-electron chi connectivity index (χ0n) is 15.2. The fourth-order valence-corrected chi connectivity index (χ4v) is 2.89. The summed E-state index contributed by atoms with van der Waals surface area (Å²) < 4.78 is 0. The highest BCUT2D eigenvalue weighted by atomic mass is 127. The van der Waals surface area contributed by atoms with Gasteiger partial charge in [0.2, 0.25) is 0 Å². The van der Waals surface area contributed by atoms with E-state index in [-0.39, 0.29) is 24.0 Å².